The molecule has 3 aliphatic rings. The maximum absolute atomic E-state index is 14.0. The first-order valence-corrected chi connectivity index (χ1v) is 16.9. The monoisotopic (exact) mass is 548 g/mol. The minimum Gasteiger partial charge on any atom is -0.361 e. The van der Waals surface area contributed by atoms with E-state index in [1.165, 1.54) is 17.0 Å². The third-order valence-electron chi connectivity index (χ3n) is 7.47. The molecule has 2 aromatic rings. The number of carbonyl (C=O) groups is 3. The van der Waals surface area contributed by atoms with Crippen LogP contribution < -0.4 is 5.32 Å². The summed E-state index contributed by atoms with van der Waals surface area (Å²) in [5.74, 6) is -1.18. The number of urea groups is 1. The Hall–Kier alpha value is -3.63. The number of allylic oxidation sites excluding steroid dienone is 1. The van der Waals surface area contributed by atoms with Crippen LogP contribution >= 0.6 is 0 Å². The van der Waals surface area contributed by atoms with Gasteiger partial charge in [0.05, 0.1) is 6.54 Å². The van der Waals surface area contributed by atoms with E-state index in [9.17, 15) is 18.8 Å². The Morgan fingerprint density at radius 2 is 1.90 bits per heavy atom. The molecule has 2 aromatic carbocycles. The minimum absolute atomic E-state index is 0.0898. The zero-order chi connectivity index (χ0) is 27.8. The largest absolute Gasteiger partial charge is 0.361 e. The number of benzene rings is 2. The molecule has 3 heterocycles. The van der Waals surface area contributed by atoms with E-state index in [4.69, 9.17) is 4.74 Å². The van der Waals surface area contributed by atoms with Crippen LogP contribution in [-0.4, -0.2) is 61.8 Å². The fraction of sp³-hybridized carbons (Fsp3) is 0.379. The summed E-state index contributed by atoms with van der Waals surface area (Å²) < 4.78 is 19.6. The number of halogens is 1. The van der Waals surface area contributed by atoms with Crippen molar-refractivity contribution in [3.8, 4) is 0 Å². The first kappa shape index (κ1) is 27.0. The number of aliphatic imine (C=N–C) groups is 1. The smallest absolute Gasteiger partial charge is 0.327 e. The van der Waals surface area contributed by atoms with Crippen LogP contribution in [-0.2, 0) is 21.6 Å². The Bertz CT molecular complexity index is 1350. The molecule has 1 unspecified atom stereocenters. The molecule has 204 valence electrons. The molecule has 0 aliphatic carbocycles. The van der Waals surface area contributed by atoms with Crippen molar-refractivity contribution in [2.75, 3.05) is 19.9 Å². The summed E-state index contributed by atoms with van der Waals surface area (Å²) in [6, 6.07) is 12.0. The molecule has 1 fully saturated rings. The number of ether oxygens (including phenoxy) is 1. The van der Waals surface area contributed by atoms with Crippen molar-refractivity contribution in [1.29, 1.82) is 0 Å². The predicted molar refractivity (Wildman–Crippen MR) is 149 cm³/mol. The second-order valence-electron chi connectivity index (χ2n) is 11.5. The Balaban J connectivity index is 1.43. The van der Waals surface area contributed by atoms with E-state index in [-0.39, 0.29) is 37.2 Å². The fourth-order valence-electron chi connectivity index (χ4n) is 5.15. The lowest BCUT2D eigenvalue weighted by Crippen LogP contribution is -2.53. The molecule has 0 aromatic heterocycles. The first-order valence-electron chi connectivity index (χ1n) is 13.2. The maximum Gasteiger partial charge on any atom is 0.327 e. The quantitative estimate of drug-likeness (QED) is 0.281. The van der Waals surface area contributed by atoms with E-state index in [1.54, 1.807) is 12.3 Å². The molecule has 39 heavy (non-hydrogen) atoms. The van der Waals surface area contributed by atoms with Crippen LogP contribution in [0.25, 0.3) is 0 Å². The van der Waals surface area contributed by atoms with Crippen molar-refractivity contribution in [2.24, 2.45) is 4.99 Å². The van der Waals surface area contributed by atoms with Gasteiger partial charge in [-0.2, -0.15) is 0 Å². The summed E-state index contributed by atoms with van der Waals surface area (Å²) in [4.78, 5) is 47.0. The molecule has 2 atom stereocenters. The van der Waals surface area contributed by atoms with Crippen LogP contribution in [0, 0.1) is 5.82 Å². The van der Waals surface area contributed by atoms with Crippen LogP contribution in [0.15, 0.2) is 59.7 Å². The van der Waals surface area contributed by atoms with Crippen molar-refractivity contribution < 1.29 is 23.5 Å². The van der Waals surface area contributed by atoms with E-state index in [0.717, 1.165) is 22.9 Å². The summed E-state index contributed by atoms with van der Waals surface area (Å²) in [7, 11) is -1.35. The topological polar surface area (TPSA) is 91.3 Å². The highest BCUT2D eigenvalue weighted by molar-refractivity contribution is 6.76. The molecule has 1 N–H and O–H groups in total. The molecule has 0 radical (unpaired) electrons. The van der Waals surface area contributed by atoms with Gasteiger partial charge in [-0.15, -0.1) is 0 Å². The highest BCUT2D eigenvalue weighted by atomic mass is 28.3. The van der Waals surface area contributed by atoms with Gasteiger partial charge in [0.15, 0.2) is 5.54 Å². The van der Waals surface area contributed by atoms with E-state index >= 15 is 0 Å². The molecular weight excluding hydrogens is 515 g/mol. The third-order valence-corrected chi connectivity index (χ3v) is 9.18. The lowest BCUT2D eigenvalue weighted by atomic mass is 9.86. The predicted octanol–water partition coefficient (Wildman–Crippen LogP) is 4.61. The van der Waals surface area contributed by atoms with Gasteiger partial charge in [-0.3, -0.25) is 14.6 Å². The van der Waals surface area contributed by atoms with Gasteiger partial charge in [0, 0.05) is 45.1 Å². The number of hydrogen-bond acceptors (Lipinski definition) is 5. The van der Waals surface area contributed by atoms with E-state index in [2.05, 4.69) is 30.0 Å². The van der Waals surface area contributed by atoms with E-state index < -0.39 is 31.4 Å². The minimum atomic E-state index is -1.50. The van der Waals surface area contributed by atoms with Gasteiger partial charge in [0.25, 0.3) is 11.8 Å². The van der Waals surface area contributed by atoms with Gasteiger partial charge < -0.3 is 15.0 Å². The number of nitrogens with one attached hydrogen (secondary N) is 1. The number of hydrogen-bond donors (Lipinski definition) is 1. The molecule has 4 amide bonds. The summed E-state index contributed by atoms with van der Waals surface area (Å²) in [5.41, 5.74) is 1.07. The Morgan fingerprint density at radius 1 is 1.13 bits per heavy atom. The standard InChI is InChI=1S/C29H33FN4O4Si/c1-39(2,3)15-14-38-19-34-27(36)29(32-28(34)37,18-33-17-22-6-9-24(30)16-25(22)26(33)35)23-7-4-20(5-8-23)21-10-12-31-13-11-21/h4-10,12-13,16,21H,11,14-15,17-19H2,1-3H3,(H,32,37)/t21?,29-/m0/s1. The highest BCUT2D eigenvalue weighted by Crippen LogP contribution is 2.35. The van der Waals surface area contributed by atoms with Gasteiger partial charge in [-0.25, -0.2) is 14.1 Å². The maximum atomic E-state index is 14.0. The molecule has 5 rings (SSSR count). The van der Waals surface area contributed by atoms with Crippen molar-refractivity contribution >= 4 is 32.1 Å². The third kappa shape index (κ3) is 5.44. The second kappa shape index (κ2) is 10.5. The average molecular weight is 549 g/mol. The van der Waals surface area contributed by atoms with Crippen molar-refractivity contribution in [1.82, 2.24) is 15.1 Å². The molecule has 10 heteroatoms. The Kier molecular flexibility index (Phi) is 7.26. The van der Waals surface area contributed by atoms with Gasteiger partial charge in [-0.05, 0) is 41.3 Å². The van der Waals surface area contributed by atoms with Crippen molar-refractivity contribution in [2.45, 2.75) is 50.1 Å². The van der Waals surface area contributed by atoms with Gasteiger partial charge in [0.2, 0.25) is 0 Å². The van der Waals surface area contributed by atoms with Crippen LogP contribution in [0.3, 0.4) is 0 Å². The molecule has 0 spiro atoms. The molecule has 0 saturated carbocycles. The zero-order valence-electron chi connectivity index (χ0n) is 22.4. The summed E-state index contributed by atoms with van der Waals surface area (Å²) in [5, 5.41) is 2.89. The van der Waals surface area contributed by atoms with E-state index in [1.807, 2.05) is 36.6 Å². The molecule has 8 nitrogen and oxygen atoms in total. The van der Waals surface area contributed by atoms with Gasteiger partial charge >= 0.3 is 6.03 Å². The lowest BCUT2D eigenvalue weighted by Gasteiger charge is -2.32. The number of amides is 4. The normalized spacial score (nSPS) is 22.6. The highest BCUT2D eigenvalue weighted by Gasteiger charge is 2.54. The van der Waals surface area contributed by atoms with Crippen LogP contribution in [0.2, 0.25) is 25.7 Å². The number of fused-ring (bicyclic) bond motifs is 1. The lowest BCUT2D eigenvalue weighted by molar-refractivity contribution is -0.135. The van der Waals surface area contributed by atoms with Crippen molar-refractivity contribution in [3.63, 3.8) is 0 Å². The summed E-state index contributed by atoms with van der Waals surface area (Å²) in [6.45, 7) is 7.10. The molecular formula is C29H33FN4O4Si. The Labute approximate surface area is 228 Å². The zero-order valence-corrected chi connectivity index (χ0v) is 23.4. The number of imide groups is 1. The first-order chi connectivity index (χ1) is 18.6. The van der Waals surface area contributed by atoms with Crippen LogP contribution in [0.4, 0.5) is 9.18 Å². The van der Waals surface area contributed by atoms with Crippen LogP contribution in [0.5, 0.6) is 0 Å². The van der Waals surface area contributed by atoms with Crippen LogP contribution in [0.1, 0.15) is 39.4 Å². The second-order valence-corrected chi connectivity index (χ2v) is 17.1. The summed E-state index contributed by atoms with van der Waals surface area (Å²) in [6.07, 6.45) is 6.42. The van der Waals surface area contributed by atoms with Crippen molar-refractivity contribution in [3.05, 3.63) is 82.8 Å². The number of rotatable bonds is 9. The molecule has 1 saturated heterocycles. The SMILES string of the molecule is C[Si](C)(C)CCOCN1C(=O)N[C@@](CN2Cc3ccc(F)cc3C2=O)(c2ccc(C3C=CN=CC3)cc2)C1=O. The number of nitrogens with zero attached hydrogens (tertiary/aromatic N) is 3. The average Bonchev–Trinajstić information content (AvgIpc) is 3.34. The van der Waals surface area contributed by atoms with Gasteiger partial charge in [0.1, 0.15) is 12.5 Å². The summed E-state index contributed by atoms with van der Waals surface area (Å²) >= 11 is 0. The fourth-order valence-corrected chi connectivity index (χ4v) is 5.91. The number of carbonyl (C=O) groups excluding carboxylic acids is 3. The molecule has 3 aliphatic heterocycles. The van der Waals surface area contributed by atoms with E-state index in [0.29, 0.717) is 17.7 Å². The van der Waals surface area contributed by atoms with Gasteiger partial charge in [-0.1, -0.05) is 56.0 Å². The Morgan fingerprint density at radius 3 is 2.59 bits per heavy atom. The molecule has 0 bridgehead atoms.